The number of hydrogen-bond donors (Lipinski definition) is 1. The summed E-state index contributed by atoms with van der Waals surface area (Å²) in [5.74, 6) is 0.253. The number of carbonyl (C=O) groups excluding carboxylic acids is 1. The van der Waals surface area contributed by atoms with Crippen LogP contribution in [-0.4, -0.2) is 11.3 Å². The summed E-state index contributed by atoms with van der Waals surface area (Å²) < 4.78 is 5.61. The molecule has 0 radical (unpaired) electrons. The number of Topliss-reactive ketones (excluding diaryl/α,β-unsaturated/α-hetero) is 1. The SMILES string of the molecule is CCC(N)(CC)C(=O)c1cc2cc(C)ccc2o1. The molecular weight excluding hydrogens is 226 g/mol. The van der Waals surface area contributed by atoms with Crippen molar-refractivity contribution in [3.05, 3.63) is 35.6 Å². The minimum Gasteiger partial charge on any atom is -0.453 e. The van der Waals surface area contributed by atoms with Gasteiger partial charge in [-0.05, 0) is 38.0 Å². The lowest BCUT2D eigenvalue weighted by molar-refractivity contribution is 0.0852. The molecule has 2 N–H and O–H groups in total. The lowest BCUT2D eigenvalue weighted by atomic mass is 9.88. The van der Waals surface area contributed by atoms with E-state index in [1.165, 1.54) is 0 Å². The first-order chi connectivity index (χ1) is 8.50. The van der Waals surface area contributed by atoms with Crippen LogP contribution in [-0.2, 0) is 0 Å². The summed E-state index contributed by atoms with van der Waals surface area (Å²) >= 11 is 0. The van der Waals surface area contributed by atoms with E-state index in [4.69, 9.17) is 10.2 Å². The predicted molar refractivity (Wildman–Crippen MR) is 72.8 cm³/mol. The second kappa shape index (κ2) is 4.58. The summed E-state index contributed by atoms with van der Waals surface area (Å²) in [4.78, 5) is 12.4. The van der Waals surface area contributed by atoms with E-state index in [0.717, 1.165) is 16.5 Å². The molecule has 1 aromatic carbocycles. The van der Waals surface area contributed by atoms with Crippen molar-refractivity contribution in [1.29, 1.82) is 0 Å². The minimum atomic E-state index is -0.817. The van der Waals surface area contributed by atoms with E-state index in [1.54, 1.807) is 6.07 Å². The second-order valence-corrected chi connectivity index (χ2v) is 4.84. The number of nitrogens with two attached hydrogens (primary N) is 1. The molecule has 0 bridgehead atoms. The van der Waals surface area contributed by atoms with Crippen LogP contribution >= 0.6 is 0 Å². The average molecular weight is 245 g/mol. The third-order valence-electron chi connectivity index (χ3n) is 3.61. The van der Waals surface area contributed by atoms with Crippen LogP contribution in [0.4, 0.5) is 0 Å². The van der Waals surface area contributed by atoms with Crippen LogP contribution in [0.1, 0.15) is 42.8 Å². The highest BCUT2D eigenvalue weighted by molar-refractivity contribution is 6.03. The lowest BCUT2D eigenvalue weighted by Crippen LogP contribution is -2.46. The Morgan fingerprint density at radius 1 is 1.28 bits per heavy atom. The van der Waals surface area contributed by atoms with Crippen molar-refractivity contribution in [2.75, 3.05) is 0 Å². The fourth-order valence-electron chi connectivity index (χ4n) is 2.09. The van der Waals surface area contributed by atoms with Crippen LogP contribution in [0.15, 0.2) is 28.7 Å². The number of benzene rings is 1. The second-order valence-electron chi connectivity index (χ2n) is 4.84. The molecule has 18 heavy (non-hydrogen) atoms. The van der Waals surface area contributed by atoms with E-state index in [1.807, 2.05) is 39.0 Å². The molecule has 0 aliphatic heterocycles. The van der Waals surface area contributed by atoms with Crippen LogP contribution in [0, 0.1) is 6.92 Å². The molecule has 0 fully saturated rings. The van der Waals surface area contributed by atoms with Crippen molar-refractivity contribution in [1.82, 2.24) is 0 Å². The van der Waals surface area contributed by atoms with Gasteiger partial charge >= 0.3 is 0 Å². The highest BCUT2D eigenvalue weighted by Gasteiger charge is 2.33. The van der Waals surface area contributed by atoms with E-state index >= 15 is 0 Å². The zero-order valence-corrected chi connectivity index (χ0v) is 11.1. The van der Waals surface area contributed by atoms with Crippen LogP contribution in [0.3, 0.4) is 0 Å². The van der Waals surface area contributed by atoms with Gasteiger partial charge < -0.3 is 10.2 Å². The Morgan fingerprint density at radius 3 is 2.56 bits per heavy atom. The molecule has 0 spiro atoms. The molecule has 0 unspecified atom stereocenters. The van der Waals surface area contributed by atoms with Gasteiger partial charge in [0.05, 0.1) is 5.54 Å². The van der Waals surface area contributed by atoms with Crippen molar-refractivity contribution in [2.45, 2.75) is 39.2 Å². The quantitative estimate of drug-likeness (QED) is 0.839. The van der Waals surface area contributed by atoms with E-state index in [9.17, 15) is 4.79 Å². The van der Waals surface area contributed by atoms with Crippen molar-refractivity contribution in [3.8, 4) is 0 Å². The molecule has 2 aromatic rings. The average Bonchev–Trinajstić information content (AvgIpc) is 2.79. The molecule has 3 nitrogen and oxygen atoms in total. The molecule has 3 heteroatoms. The van der Waals surface area contributed by atoms with Crippen molar-refractivity contribution in [3.63, 3.8) is 0 Å². The maximum atomic E-state index is 12.4. The number of furan rings is 1. The molecule has 0 atom stereocenters. The molecule has 0 aliphatic rings. The molecule has 2 rings (SSSR count). The molecular formula is C15H19NO2. The van der Waals surface area contributed by atoms with Gasteiger partial charge in [-0.15, -0.1) is 0 Å². The Labute approximate surface area is 107 Å². The maximum Gasteiger partial charge on any atom is 0.217 e. The lowest BCUT2D eigenvalue weighted by Gasteiger charge is -2.23. The van der Waals surface area contributed by atoms with Crippen LogP contribution in [0.5, 0.6) is 0 Å². The van der Waals surface area contributed by atoms with Gasteiger partial charge in [0, 0.05) is 5.39 Å². The van der Waals surface area contributed by atoms with Crippen LogP contribution in [0.25, 0.3) is 11.0 Å². The number of ketones is 1. The fourth-order valence-corrected chi connectivity index (χ4v) is 2.09. The van der Waals surface area contributed by atoms with E-state index < -0.39 is 5.54 Å². The third kappa shape index (κ3) is 2.06. The minimum absolute atomic E-state index is 0.110. The van der Waals surface area contributed by atoms with Gasteiger partial charge in [-0.3, -0.25) is 4.79 Å². The summed E-state index contributed by atoms with van der Waals surface area (Å²) in [5, 5.41) is 0.952. The highest BCUT2D eigenvalue weighted by atomic mass is 16.3. The molecule has 1 heterocycles. The topological polar surface area (TPSA) is 56.2 Å². The Balaban J connectivity index is 2.45. The molecule has 0 aliphatic carbocycles. The number of rotatable bonds is 4. The van der Waals surface area contributed by atoms with Crippen molar-refractivity contribution in [2.24, 2.45) is 5.73 Å². The normalized spacial score (nSPS) is 12.0. The van der Waals surface area contributed by atoms with E-state index in [0.29, 0.717) is 18.6 Å². The van der Waals surface area contributed by atoms with E-state index in [2.05, 4.69) is 0 Å². The predicted octanol–water partition coefficient (Wildman–Crippen LogP) is 3.44. The summed E-state index contributed by atoms with van der Waals surface area (Å²) in [5.41, 5.74) is 7.18. The first kappa shape index (κ1) is 12.8. The number of hydrogen-bond acceptors (Lipinski definition) is 3. The summed E-state index contributed by atoms with van der Waals surface area (Å²) in [6.07, 6.45) is 1.22. The number of aryl methyl sites for hydroxylation is 1. The molecule has 1 aromatic heterocycles. The number of carbonyl (C=O) groups is 1. The molecule has 0 amide bonds. The summed E-state index contributed by atoms with van der Waals surface area (Å²) in [6.45, 7) is 5.86. The Bertz CT molecular complexity index is 579. The smallest absolute Gasteiger partial charge is 0.217 e. The van der Waals surface area contributed by atoms with Gasteiger partial charge in [0.1, 0.15) is 5.58 Å². The largest absolute Gasteiger partial charge is 0.453 e. The molecule has 0 saturated heterocycles. The monoisotopic (exact) mass is 245 g/mol. The van der Waals surface area contributed by atoms with Gasteiger partial charge in [-0.1, -0.05) is 25.5 Å². The van der Waals surface area contributed by atoms with Gasteiger partial charge in [0.15, 0.2) is 5.76 Å². The van der Waals surface area contributed by atoms with Gasteiger partial charge in [0.25, 0.3) is 0 Å². The van der Waals surface area contributed by atoms with Crippen LogP contribution in [0.2, 0.25) is 0 Å². The third-order valence-corrected chi connectivity index (χ3v) is 3.61. The first-order valence-electron chi connectivity index (χ1n) is 6.34. The molecule has 0 saturated carbocycles. The zero-order chi connectivity index (χ0) is 13.3. The Kier molecular flexibility index (Phi) is 3.26. The summed E-state index contributed by atoms with van der Waals surface area (Å²) in [7, 11) is 0. The van der Waals surface area contributed by atoms with Crippen molar-refractivity contribution < 1.29 is 9.21 Å². The van der Waals surface area contributed by atoms with Gasteiger partial charge in [-0.2, -0.15) is 0 Å². The highest BCUT2D eigenvalue weighted by Crippen LogP contribution is 2.25. The summed E-state index contributed by atoms with van der Waals surface area (Å²) in [6, 6.07) is 7.65. The van der Waals surface area contributed by atoms with Gasteiger partial charge in [-0.25, -0.2) is 0 Å². The first-order valence-corrected chi connectivity index (χ1v) is 6.34. The standard InChI is InChI=1S/C15H19NO2/c1-4-15(16,5-2)14(17)13-9-11-8-10(3)6-7-12(11)18-13/h6-9H,4-5,16H2,1-3H3. The van der Waals surface area contributed by atoms with Gasteiger partial charge in [0.2, 0.25) is 5.78 Å². The Hall–Kier alpha value is -1.61. The fraction of sp³-hybridized carbons (Fsp3) is 0.400. The molecule has 96 valence electrons. The zero-order valence-electron chi connectivity index (χ0n) is 11.1. The van der Waals surface area contributed by atoms with E-state index in [-0.39, 0.29) is 5.78 Å². The Morgan fingerprint density at radius 2 is 1.94 bits per heavy atom. The van der Waals surface area contributed by atoms with Crippen molar-refractivity contribution >= 4 is 16.8 Å². The number of fused-ring (bicyclic) bond motifs is 1. The maximum absolute atomic E-state index is 12.4. The van der Waals surface area contributed by atoms with Crippen LogP contribution < -0.4 is 5.73 Å².